The Balaban J connectivity index is 1.44. The maximum absolute atomic E-state index is 14.0. The second kappa shape index (κ2) is 11.1. The SMILES string of the molecule is Cc1ccc(C(C(=O)NCC2CCCO2)N(CC2CCCO2)C(=O)c2ccc(-c3ccccc3)[nH]2)o1. The Morgan fingerprint density at radius 1 is 1.00 bits per heavy atom. The molecule has 0 spiro atoms. The fraction of sp³-hybridized carbons (Fsp3) is 0.429. The van der Waals surface area contributed by atoms with E-state index >= 15 is 0 Å². The average Bonchev–Trinajstić information content (AvgIpc) is 3.71. The Morgan fingerprint density at radius 2 is 1.75 bits per heavy atom. The van der Waals surface area contributed by atoms with Gasteiger partial charge < -0.3 is 29.1 Å². The summed E-state index contributed by atoms with van der Waals surface area (Å²) in [5.41, 5.74) is 2.23. The molecule has 8 heteroatoms. The van der Waals surface area contributed by atoms with Gasteiger partial charge in [-0.2, -0.15) is 0 Å². The minimum absolute atomic E-state index is 0.00732. The van der Waals surface area contributed by atoms with Crippen molar-refractivity contribution in [3.05, 3.63) is 71.8 Å². The van der Waals surface area contributed by atoms with Crippen LogP contribution in [0.25, 0.3) is 11.3 Å². The Hall–Kier alpha value is -3.36. The molecule has 2 N–H and O–H groups in total. The number of carbonyl (C=O) groups excluding carboxylic acids is 2. The third kappa shape index (κ3) is 5.55. The first-order valence-electron chi connectivity index (χ1n) is 12.7. The van der Waals surface area contributed by atoms with Crippen LogP contribution in [0.5, 0.6) is 0 Å². The van der Waals surface area contributed by atoms with Gasteiger partial charge in [0.05, 0.1) is 12.2 Å². The number of rotatable bonds is 9. The lowest BCUT2D eigenvalue weighted by Crippen LogP contribution is -2.47. The number of nitrogens with one attached hydrogen (secondary N) is 2. The van der Waals surface area contributed by atoms with Crippen molar-refractivity contribution >= 4 is 11.8 Å². The molecule has 0 aliphatic carbocycles. The zero-order chi connectivity index (χ0) is 24.9. The van der Waals surface area contributed by atoms with Crippen molar-refractivity contribution in [1.82, 2.24) is 15.2 Å². The van der Waals surface area contributed by atoms with Gasteiger partial charge in [0.25, 0.3) is 11.8 Å². The van der Waals surface area contributed by atoms with E-state index in [-0.39, 0.29) is 30.6 Å². The van der Waals surface area contributed by atoms with Crippen LogP contribution in [0.1, 0.15) is 53.7 Å². The first-order valence-corrected chi connectivity index (χ1v) is 12.7. The van der Waals surface area contributed by atoms with Crippen LogP contribution in [0, 0.1) is 6.92 Å². The van der Waals surface area contributed by atoms with E-state index in [1.54, 1.807) is 17.0 Å². The van der Waals surface area contributed by atoms with Crippen LogP contribution in [-0.4, -0.2) is 60.2 Å². The van der Waals surface area contributed by atoms with E-state index in [0.29, 0.717) is 37.0 Å². The van der Waals surface area contributed by atoms with Crippen LogP contribution < -0.4 is 5.32 Å². The zero-order valence-electron chi connectivity index (χ0n) is 20.6. The number of hydrogen-bond donors (Lipinski definition) is 2. The molecular formula is C28H33N3O5. The summed E-state index contributed by atoms with van der Waals surface area (Å²) in [7, 11) is 0. The molecule has 36 heavy (non-hydrogen) atoms. The monoisotopic (exact) mass is 491 g/mol. The summed E-state index contributed by atoms with van der Waals surface area (Å²) in [4.78, 5) is 32.4. The fourth-order valence-corrected chi connectivity index (χ4v) is 4.92. The van der Waals surface area contributed by atoms with Gasteiger partial charge in [-0.15, -0.1) is 0 Å². The molecule has 2 aliphatic heterocycles. The van der Waals surface area contributed by atoms with Crippen molar-refractivity contribution in [2.75, 3.05) is 26.3 Å². The van der Waals surface area contributed by atoms with E-state index in [0.717, 1.165) is 36.9 Å². The molecule has 2 aliphatic rings. The molecule has 2 amide bonds. The highest BCUT2D eigenvalue weighted by Crippen LogP contribution is 2.29. The lowest BCUT2D eigenvalue weighted by molar-refractivity contribution is -0.127. The van der Waals surface area contributed by atoms with Gasteiger partial charge in [-0.25, -0.2) is 0 Å². The minimum atomic E-state index is -0.930. The van der Waals surface area contributed by atoms with E-state index in [4.69, 9.17) is 13.9 Å². The maximum Gasteiger partial charge on any atom is 0.271 e. The average molecular weight is 492 g/mol. The number of furan rings is 1. The van der Waals surface area contributed by atoms with E-state index in [2.05, 4.69) is 10.3 Å². The molecule has 8 nitrogen and oxygen atoms in total. The molecule has 3 unspecified atom stereocenters. The van der Waals surface area contributed by atoms with Gasteiger partial charge in [0.2, 0.25) is 0 Å². The number of nitrogens with zero attached hydrogens (tertiary/aromatic N) is 1. The van der Waals surface area contributed by atoms with Gasteiger partial charge in [0.15, 0.2) is 6.04 Å². The molecule has 2 fully saturated rings. The third-order valence-corrected chi connectivity index (χ3v) is 6.81. The summed E-state index contributed by atoms with van der Waals surface area (Å²) in [5, 5.41) is 3.01. The lowest BCUT2D eigenvalue weighted by atomic mass is 10.1. The van der Waals surface area contributed by atoms with Crippen molar-refractivity contribution in [2.24, 2.45) is 0 Å². The van der Waals surface area contributed by atoms with E-state index in [1.807, 2.05) is 49.4 Å². The van der Waals surface area contributed by atoms with E-state index in [1.165, 1.54) is 0 Å². The van der Waals surface area contributed by atoms with Crippen LogP contribution in [0.2, 0.25) is 0 Å². The second-order valence-electron chi connectivity index (χ2n) is 9.48. The number of amides is 2. The summed E-state index contributed by atoms with van der Waals surface area (Å²) < 4.78 is 17.5. The van der Waals surface area contributed by atoms with Gasteiger partial charge in [-0.1, -0.05) is 30.3 Å². The number of carbonyl (C=O) groups is 2. The third-order valence-electron chi connectivity index (χ3n) is 6.81. The summed E-state index contributed by atoms with van der Waals surface area (Å²) in [6, 6.07) is 16.1. The van der Waals surface area contributed by atoms with Gasteiger partial charge in [0, 0.05) is 32.0 Å². The Kier molecular flexibility index (Phi) is 7.53. The van der Waals surface area contributed by atoms with Crippen LogP contribution in [0.4, 0.5) is 0 Å². The van der Waals surface area contributed by atoms with E-state index < -0.39 is 6.04 Å². The van der Waals surface area contributed by atoms with Crippen molar-refractivity contribution in [3.8, 4) is 11.3 Å². The number of H-pyrrole nitrogens is 1. The molecule has 4 heterocycles. The van der Waals surface area contributed by atoms with Crippen LogP contribution >= 0.6 is 0 Å². The molecule has 2 saturated heterocycles. The second-order valence-corrected chi connectivity index (χ2v) is 9.48. The van der Waals surface area contributed by atoms with Crippen molar-refractivity contribution in [2.45, 2.75) is 50.9 Å². The maximum atomic E-state index is 14.0. The summed E-state index contributed by atoms with van der Waals surface area (Å²) in [6.45, 7) is 3.88. The molecule has 1 aromatic carbocycles. The Labute approximate surface area is 211 Å². The van der Waals surface area contributed by atoms with Gasteiger partial charge >= 0.3 is 0 Å². The highest BCUT2D eigenvalue weighted by Gasteiger charge is 2.37. The largest absolute Gasteiger partial charge is 0.464 e. The molecule has 3 atom stereocenters. The summed E-state index contributed by atoms with van der Waals surface area (Å²) in [6.07, 6.45) is 3.53. The number of aromatic amines is 1. The fourth-order valence-electron chi connectivity index (χ4n) is 4.92. The van der Waals surface area contributed by atoms with E-state index in [9.17, 15) is 9.59 Å². The molecule has 0 radical (unpaired) electrons. The van der Waals surface area contributed by atoms with Gasteiger partial charge in [-0.05, 0) is 62.4 Å². The lowest BCUT2D eigenvalue weighted by Gasteiger charge is -2.31. The molecule has 2 aromatic heterocycles. The first-order chi connectivity index (χ1) is 17.6. The topological polar surface area (TPSA) is 96.8 Å². The van der Waals surface area contributed by atoms with Crippen LogP contribution in [0.3, 0.4) is 0 Å². The van der Waals surface area contributed by atoms with Crippen molar-refractivity contribution in [3.63, 3.8) is 0 Å². The van der Waals surface area contributed by atoms with Crippen LogP contribution in [0.15, 0.2) is 59.0 Å². The van der Waals surface area contributed by atoms with Crippen molar-refractivity contribution < 1.29 is 23.5 Å². The number of hydrogen-bond acceptors (Lipinski definition) is 5. The quantitative estimate of drug-likeness (QED) is 0.467. The summed E-state index contributed by atoms with van der Waals surface area (Å²) >= 11 is 0. The molecule has 5 rings (SSSR count). The van der Waals surface area contributed by atoms with Gasteiger partial charge in [-0.3, -0.25) is 9.59 Å². The predicted molar refractivity (Wildman–Crippen MR) is 134 cm³/mol. The standard InChI is InChI=1S/C28H33N3O5/c1-19-11-14-25(36-19)26(27(32)29-17-21-9-5-15-34-21)31(18-22-10-6-16-35-22)28(33)24-13-12-23(30-24)20-7-3-2-4-8-20/h2-4,7-8,11-14,21-22,26,30H,5-6,9-10,15-18H2,1H3,(H,29,32). The molecule has 3 aromatic rings. The highest BCUT2D eigenvalue weighted by molar-refractivity contribution is 5.97. The molecule has 190 valence electrons. The Bertz CT molecular complexity index is 1160. The highest BCUT2D eigenvalue weighted by atomic mass is 16.5. The number of aryl methyl sites for hydroxylation is 1. The van der Waals surface area contributed by atoms with Crippen molar-refractivity contribution in [1.29, 1.82) is 0 Å². The summed E-state index contributed by atoms with van der Waals surface area (Å²) in [5.74, 6) is 0.538. The first kappa shape index (κ1) is 24.3. The number of aromatic nitrogens is 1. The zero-order valence-corrected chi connectivity index (χ0v) is 20.6. The molecule has 0 saturated carbocycles. The molecule has 0 bridgehead atoms. The number of ether oxygens (including phenoxy) is 2. The number of benzene rings is 1. The Morgan fingerprint density at radius 3 is 2.42 bits per heavy atom. The predicted octanol–water partition coefficient (Wildman–Crippen LogP) is 4.24. The normalized spacial score (nSPS) is 20.4. The smallest absolute Gasteiger partial charge is 0.271 e. The van der Waals surface area contributed by atoms with Gasteiger partial charge in [0.1, 0.15) is 17.2 Å². The minimum Gasteiger partial charge on any atom is -0.464 e. The van der Waals surface area contributed by atoms with Crippen LogP contribution in [-0.2, 0) is 14.3 Å². The molecular weight excluding hydrogens is 458 g/mol.